The molecular formula is C28H29N3O6. The van der Waals surface area contributed by atoms with E-state index in [1.54, 1.807) is 31.4 Å². The predicted molar refractivity (Wildman–Crippen MR) is 138 cm³/mol. The number of para-hydroxylation sites is 1. The van der Waals surface area contributed by atoms with Gasteiger partial charge < -0.3 is 30.0 Å². The van der Waals surface area contributed by atoms with Gasteiger partial charge in [0.05, 0.1) is 25.5 Å². The van der Waals surface area contributed by atoms with Gasteiger partial charge in [-0.2, -0.15) is 0 Å². The van der Waals surface area contributed by atoms with Gasteiger partial charge in [0, 0.05) is 24.1 Å². The maximum atomic E-state index is 13.4. The van der Waals surface area contributed by atoms with Crippen LogP contribution in [0.25, 0.3) is 11.1 Å². The molecule has 4 rings (SSSR count). The molecule has 9 nitrogen and oxygen atoms in total. The number of phenols is 1. The Balaban J connectivity index is 1.48. The number of methoxy groups -OCH3 is 1. The Kier molecular flexibility index (Phi) is 8.05. The van der Waals surface area contributed by atoms with E-state index in [0.29, 0.717) is 16.8 Å². The van der Waals surface area contributed by atoms with Crippen LogP contribution in [-0.4, -0.2) is 66.0 Å². The summed E-state index contributed by atoms with van der Waals surface area (Å²) in [6.07, 6.45) is -0.746. The second-order valence-electron chi connectivity index (χ2n) is 8.62. The van der Waals surface area contributed by atoms with Crippen LogP contribution in [0, 0.1) is 0 Å². The zero-order valence-corrected chi connectivity index (χ0v) is 20.6. The smallest absolute Gasteiger partial charge is 0.254 e. The van der Waals surface area contributed by atoms with Gasteiger partial charge in [-0.3, -0.25) is 9.59 Å². The average Bonchev–Trinajstić information content (AvgIpc) is 3.36. The molecule has 0 radical (unpaired) electrons. The standard InChI is InChI=1S/C28H29N3O6/c1-36-26-6-4-3-5-23(26)18-7-9-20(10-8-18)28(35)31-17-21(30-37-2)15-24(31)27(34)29-16-25(33)19-11-13-22(32)14-12-19/h3-14,24-25,32-33H,15-17H2,1-2H3,(H,29,34)/b30-21+/t24-,25+/m0/s1. The summed E-state index contributed by atoms with van der Waals surface area (Å²) in [6.45, 7) is 0.103. The fourth-order valence-corrected chi connectivity index (χ4v) is 4.32. The summed E-state index contributed by atoms with van der Waals surface area (Å²) in [7, 11) is 3.02. The Morgan fingerprint density at radius 1 is 1.05 bits per heavy atom. The first-order valence-electron chi connectivity index (χ1n) is 11.8. The van der Waals surface area contributed by atoms with Crippen LogP contribution in [0.2, 0.25) is 0 Å². The quantitative estimate of drug-likeness (QED) is 0.406. The van der Waals surface area contributed by atoms with E-state index in [2.05, 4.69) is 10.5 Å². The molecular weight excluding hydrogens is 474 g/mol. The van der Waals surface area contributed by atoms with Crippen molar-refractivity contribution in [3.05, 3.63) is 83.9 Å². The lowest BCUT2D eigenvalue weighted by atomic mass is 10.0. The number of hydrogen-bond acceptors (Lipinski definition) is 7. The summed E-state index contributed by atoms with van der Waals surface area (Å²) in [4.78, 5) is 32.8. The summed E-state index contributed by atoms with van der Waals surface area (Å²) >= 11 is 0. The number of aliphatic hydroxyl groups is 1. The van der Waals surface area contributed by atoms with E-state index in [0.717, 1.165) is 16.9 Å². The van der Waals surface area contributed by atoms with Crippen LogP contribution < -0.4 is 10.1 Å². The van der Waals surface area contributed by atoms with Crippen molar-refractivity contribution >= 4 is 17.5 Å². The van der Waals surface area contributed by atoms with Crippen molar-refractivity contribution < 1.29 is 29.4 Å². The van der Waals surface area contributed by atoms with Gasteiger partial charge in [-0.15, -0.1) is 0 Å². The first-order chi connectivity index (χ1) is 17.9. The monoisotopic (exact) mass is 503 g/mol. The van der Waals surface area contributed by atoms with Crippen molar-refractivity contribution in [3.63, 3.8) is 0 Å². The minimum absolute atomic E-state index is 0.0491. The second-order valence-corrected chi connectivity index (χ2v) is 8.62. The molecule has 1 saturated heterocycles. The van der Waals surface area contributed by atoms with Crippen LogP contribution in [0.1, 0.15) is 28.4 Å². The van der Waals surface area contributed by atoms with Gasteiger partial charge in [0.1, 0.15) is 24.7 Å². The van der Waals surface area contributed by atoms with Crippen LogP contribution in [0.4, 0.5) is 0 Å². The maximum absolute atomic E-state index is 13.4. The SMILES string of the molecule is CO/N=C1\C[C@@H](C(=O)NC[C@@H](O)c2ccc(O)cc2)N(C(=O)c2ccc(-c3ccccc3OC)cc2)C1. The Hall–Kier alpha value is -4.37. The van der Waals surface area contributed by atoms with Crippen molar-refractivity contribution in [2.75, 3.05) is 27.3 Å². The van der Waals surface area contributed by atoms with E-state index < -0.39 is 18.1 Å². The normalized spacial score (nSPS) is 16.9. The van der Waals surface area contributed by atoms with E-state index in [1.807, 2.05) is 36.4 Å². The number of ether oxygens (including phenoxy) is 1. The van der Waals surface area contributed by atoms with Crippen molar-refractivity contribution in [2.24, 2.45) is 5.16 Å². The minimum atomic E-state index is -0.968. The molecule has 9 heteroatoms. The zero-order valence-electron chi connectivity index (χ0n) is 20.6. The molecule has 0 spiro atoms. The number of oxime groups is 1. The number of phenolic OH excluding ortho intramolecular Hbond substituents is 1. The Labute approximate surface area is 214 Å². The Bertz CT molecular complexity index is 1270. The topological polar surface area (TPSA) is 121 Å². The van der Waals surface area contributed by atoms with E-state index in [1.165, 1.54) is 24.1 Å². The fourth-order valence-electron chi connectivity index (χ4n) is 4.32. The average molecular weight is 504 g/mol. The van der Waals surface area contributed by atoms with Crippen molar-refractivity contribution in [2.45, 2.75) is 18.6 Å². The molecule has 2 atom stereocenters. The lowest BCUT2D eigenvalue weighted by molar-refractivity contribution is -0.125. The van der Waals surface area contributed by atoms with Crippen molar-refractivity contribution in [1.29, 1.82) is 0 Å². The Morgan fingerprint density at radius 2 is 1.76 bits per heavy atom. The molecule has 3 N–H and O–H groups in total. The largest absolute Gasteiger partial charge is 0.508 e. The first-order valence-corrected chi connectivity index (χ1v) is 11.8. The number of hydrogen-bond donors (Lipinski definition) is 3. The molecule has 1 aliphatic rings. The summed E-state index contributed by atoms with van der Waals surface area (Å²) in [5, 5.41) is 26.5. The molecule has 1 aliphatic heterocycles. The lowest BCUT2D eigenvalue weighted by Gasteiger charge is -2.24. The van der Waals surface area contributed by atoms with E-state index in [9.17, 15) is 19.8 Å². The number of amides is 2. The van der Waals surface area contributed by atoms with Gasteiger partial charge in [-0.05, 0) is 41.5 Å². The number of carbonyl (C=O) groups is 2. The third-order valence-corrected chi connectivity index (χ3v) is 6.24. The van der Waals surface area contributed by atoms with Gasteiger partial charge in [0.2, 0.25) is 5.91 Å². The predicted octanol–water partition coefficient (Wildman–Crippen LogP) is 3.13. The number of carbonyl (C=O) groups excluding carboxylic acids is 2. The van der Waals surface area contributed by atoms with E-state index in [-0.39, 0.29) is 31.2 Å². The molecule has 0 saturated carbocycles. The third kappa shape index (κ3) is 5.90. The van der Waals surface area contributed by atoms with Crippen LogP contribution in [0.5, 0.6) is 11.5 Å². The molecule has 192 valence electrons. The molecule has 3 aromatic rings. The number of benzene rings is 3. The zero-order chi connectivity index (χ0) is 26.4. The first kappa shape index (κ1) is 25.7. The summed E-state index contributed by atoms with van der Waals surface area (Å²) in [6, 6.07) is 20.0. The number of rotatable bonds is 8. The molecule has 37 heavy (non-hydrogen) atoms. The highest BCUT2D eigenvalue weighted by molar-refractivity contribution is 6.05. The van der Waals surface area contributed by atoms with Gasteiger partial charge in [0.15, 0.2) is 0 Å². The molecule has 1 fully saturated rings. The summed E-state index contributed by atoms with van der Waals surface area (Å²) < 4.78 is 5.43. The highest BCUT2D eigenvalue weighted by Gasteiger charge is 2.38. The highest BCUT2D eigenvalue weighted by atomic mass is 16.6. The fraction of sp³-hybridized carbons (Fsp3) is 0.250. The molecule has 2 amide bonds. The van der Waals surface area contributed by atoms with Crippen LogP contribution >= 0.6 is 0 Å². The van der Waals surface area contributed by atoms with Crippen molar-refractivity contribution in [1.82, 2.24) is 10.2 Å². The van der Waals surface area contributed by atoms with Gasteiger partial charge >= 0.3 is 0 Å². The van der Waals surface area contributed by atoms with Crippen LogP contribution in [0.15, 0.2) is 78.0 Å². The molecule has 0 bridgehead atoms. The van der Waals surface area contributed by atoms with Crippen molar-refractivity contribution in [3.8, 4) is 22.6 Å². The van der Waals surface area contributed by atoms with Gasteiger partial charge in [-0.1, -0.05) is 47.6 Å². The highest BCUT2D eigenvalue weighted by Crippen LogP contribution is 2.30. The number of aromatic hydroxyl groups is 1. The van der Waals surface area contributed by atoms with Crippen LogP contribution in [-0.2, 0) is 9.63 Å². The van der Waals surface area contributed by atoms with E-state index in [4.69, 9.17) is 9.57 Å². The lowest BCUT2D eigenvalue weighted by Crippen LogP contribution is -2.46. The molecule has 0 aliphatic carbocycles. The number of likely N-dealkylation sites (tertiary alicyclic amines) is 1. The molecule has 0 unspecified atom stereocenters. The minimum Gasteiger partial charge on any atom is -0.508 e. The van der Waals surface area contributed by atoms with E-state index >= 15 is 0 Å². The number of nitrogens with zero attached hydrogens (tertiary/aromatic N) is 2. The third-order valence-electron chi connectivity index (χ3n) is 6.24. The van der Waals surface area contributed by atoms with Gasteiger partial charge in [-0.25, -0.2) is 0 Å². The molecule has 0 aromatic heterocycles. The summed E-state index contributed by atoms with van der Waals surface area (Å²) in [5.41, 5.74) is 3.35. The number of nitrogens with one attached hydrogen (secondary N) is 1. The Morgan fingerprint density at radius 3 is 2.43 bits per heavy atom. The molecule has 1 heterocycles. The molecule has 3 aromatic carbocycles. The summed E-state index contributed by atoms with van der Waals surface area (Å²) in [5.74, 6) is 0.0963. The second kappa shape index (κ2) is 11.6. The van der Waals surface area contributed by atoms with Crippen LogP contribution in [0.3, 0.4) is 0 Å². The number of aliphatic hydroxyl groups excluding tert-OH is 1. The van der Waals surface area contributed by atoms with Gasteiger partial charge in [0.25, 0.3) is 5.91 Å². The maximum Gasteiger partial charge on any atom is 0.254 e.